The Bertz CT molecular complexity index is 1080. The minimum atomic E-state index is 0.0467. The fraction of sp³-hybridized carbons (Fsp3) is 0.435. The number of hydrogen-bond acceptors (Lipinski definition) is 6. The van der Waals surface area contributed by atoms with Crippen LogP contribution in [0.3, 0.4) is 0 Å². The van der Waals surface area contributed by atoms with E-state index in [2.05, 4.69) is 33.9 Å². The number of para-hydroxylation sites is 1. The van der Waals surface area contributed by atoms with E-state index < -0.39 is 0 Å². The maximum atomic E-state index is 12.6. The lowest BCUT2D eigenvalue weighted by Crippen LogP contribution is -2.49. The van der Waals surface area contributed by atoms with E-state index in [1.165, 1.54) is 15.8 Å². The summed E-state index contributed by atoms with van der Waals surface area (Å²) in [6.45, 7) is 14.1. The summed E-state index contributed by atoms with van der Waals surface area (Å²) >= 11 is 1.74. The van der Waals surface area contributed by atoms with E-state index in [1.807, 2.05) is 39.0 Å². The van der Waals surface area contributed by atoms with E-state index in [0.717, 1.165) is 59.5 Å². The molecule has 158 valence electrons. The molecule has 0 spiro atoms. The highest BCUT2D eigenvalue weighted by atomic mass is 32.1. The number of carbonyl (C=O) groups is 1. The SMILES string of the molecule is Cc1nc(N2CCN(CC(=O)Nc3c(C)cccc3C)CC2)c2c(C)c(C)sc2n1. The number of rotatable bonds is 4. The largest absolute Gasteiger partial charge is 0.353 e. The number of aryl methyl sites for hydroxylation is 5. The molecule has 1 amide bonds. The highest BCUT2D eigenvalue weighted by Gasteiger charge is 2.24. The molecule has 1 fully saturated rings. The van der Waals surface area contributed by atoms with Crippen LogP contribution in [-0.2, 0) is 4.79 Å². The van der Waals surface area contributed by atoms with E-state index >= 15 is 0 Å². The minimum Gasteiger partial charge on any atom is -0.353 e. The van der Waals surface area contributed by atoms with Gasteiger partial charge in [-0.1, -0.05) is 18.2 Å². The summed E-state index contributed by atoms with van der Waals surface area (Å²) in [5.74, 6) is 1.90. The third-order valence-corrected chi connectivity index (χ3v) is 7.01. The maximum Gasteiger partial charge on any atom is 0.238 e. The molecule has 3 aromatic rings. The Morgan fingerprint density at radius 2 is 1.70 bits per heavy atom. The molecular weight excluding hydrogens is 394 g/mol. The second kappa shape index (κ2) is 8.32. The zero-order chi connectivity index (χ0) is 21.4. The lowest BCUT2D eigenvalue weighted by atomic mass is 10.1. The van der Waals surface area contributed by atoms with Crippen molar-refractivity contribution in [3.8, 4) is 0 Å². The van der Waals surface area contributed by atoms with Crippen molar-refractivity contribution in [2.24, 2.45) is 0 Å². The van der Waals surface area contributed by atoms with Crippen LogP contribution in [0.4, 0.5) is 11.5 Å². The van der Waals surface area contributed by atoms with Crippen LogP contribution < -0.4 is 10.2 Å². The molecule has 0 unspecified atom stereocenters. The molecular formula is C23H29N5OS. The first-order valence-corrected chi connectivity index (χ1v) is 11.2. The predicted octanol–water partition coefficient (Wildman–Crippen LogP) is 3.99. The standard InChI is InChI=1S/C23H29N5OS/c1-14-7-6-8-15(2)21(14)26-19(29)13-27-9-11-28(12-10-27)22-20-16(3)17(4)30-23(20)25-18(5)24-22/h6-8H,9-13H2,1-5H3,(H,26,29). The van der Waals surface area contributed by atoms with Crippen molar-refractivity contribution in [3.63, 3.8) is 0 Å². The van der Waals surface area contributed by atoms with E-state index in [-0.39, 0.29) is 5.91 Å². The summed E-state index contributed by atoms with van der Waals surface area (Å²) in [6.07, 6.45) is 0. The third kappa shape index (κ3) is 4.04. The summed E-state index contributed by atoms with van der Waals surface area (Å²) in [5, 5.41) is 4.28. The summed E-state index contributed by atoms with van der Waals surface area (Å²) in [7, 11) is 0. The molecule has 0 saturated carbocycles. The molecule has 4 rings (SSSR count). The smallest absolute Gasteiger partial charge is 0.238 e. The van der Waals surface area contributed by atoms with Gasteiger partial charge in [-0.3, -0.25) is 9.69 Å². The fourth-order valence-corrected chi connectivity index (χ4v) is 5.14. The van der Waals surface area contributed by atoms with Gasteiger partial charge < -0.3 is 10.2 Å². The van der Waals surface area contributed by atoms with Gasteiger partial charge in [0.15, 0.2) is 0 Å². The van der Waals surface area contributed by atoms with Gasteiger partial charge in [-0.05, 0) is 51.3 Å². The molecule has 0 bridgehead atoms. The number of thiophene rings is 1. The molecule has 0 aliphatic carbocycles. The highest BCUT2D eigenvalue weighted by Crippen LogP contribution is 2.35. The van der Waals surface area contributed by atoms with Crippen LogP contribution >= 0.6 is 11.3 Å². The van der Waals surface area contributed by atoms with Crippen LogP contribution in [0.15, 0.2) is 18.2 Å². The lowest BCUT2D eigenvalue weighted by Gasteiger charge is -2.35. The number of hydrogen-bond donors (Lipinski definition) is 1. The number of benzene rings is 1. The number of piperazine rings is 1. The van der Waals surface area contributed by atoms with Crippen molar-refractivity contribution in [2.75, 3.05) is 42.9 Å². The van der Waals surface area contributed by atoms with Gasteiger partial charge in [0.25, 0.3) is 0 Å². The molecule has 2 aromatic heterocycles. The number of anilines is 2. The van der Waals surface area contributed by atoms with Gasteiger partial charge in [0.05, 0.1) is 11.9 Å². The summed E-state index contributed by atoms with van der Waals surface area (Å²) in [5.41, 5.74) is 4.40. The van der Waals surface area contributed by atoms with Crippen LogP contribution in [0.1, 0.15) is 27.4 Å². The molecule has 1 aromatic carbocycles. The van der Waals surface area contributed by atoms with Gasteiger partial charge in [0.1, 0.15) is 16.5 Å². The topological polar surface area (TPSA) is 61.4 Å². The molecule has 0 radical (unpaired) electrons. The van der Waals surface area contributed by atoms with E-state index in [0.29, 0.717) is 6.54 Å². The Balaban J connectivity index is 1.42. The Morgan fingerprint density at radius 1 is 1.03 bits per heavy atom. The molecule has 0 atom stereocenters. The zero-order valence-electron chi connectivity index (χ0n) is 18.4. The van der Waals surface area contributed by atoms with Crippen molar-refractivity contribution in [3.05, 3.63) is 45.6 Å². The first-order chi connectivity index (χ1) is 14.3. The van der Waals surface area contributed by atoms with Gasteiger partial charge in [-0.15, -0.1) is 11.3 Å². The molecule has 30 heavy (non-hydrogen) atoms. The number of carbonyl (C=O) groups excluding carboxylic acids is 1. The van der Waals surface area contributed by atoms with Gasteiger partial charge in [0.2, 0.25) is 5.91 Å². The summed E-state index contributed by atoms with van der Waals surface area (Å²) < 4.78 is 0. The Labute approximate surface area is 181 Å². The van der Waals surface area contributed by atoms with Gasteiger partial charge in [0, 0.05) is 36.7 Å². The van der Waals surface area contributed by atoms with E-state index in [1.54, 1.807) is 11.3 Å². The molecule has 7 heteroatoms. The molecule has 1 saturated heterocycles. The molecule has 1 aliphatic heterocycles. The molecule has 1 N–H and O–H groups in total. The van der Waals surface area contributed by atoms with Crippen molar-refractivity contribution in [1.29, 1.82) is 0 Å². The second-order valence-electron chi connectivity index (χ2n) is 8.14. The van der Waals surface area contributed by atoms with Crippen molar-refractivity contribution in [2.45, 2.75) is 34.6 Å². The normalized spacial score (nSPS) is 15.0. The first-order valence-electron chi connectivity index (χ1n) is 10.4. The zero-order valence-corrected chi connectivity index (χ0v) is 19.2. The summed E-state index contributed by atoms with van der Waals surface area (Å²) in [4.78, 5) is 29.0. The van der Waals surface area contributed by atoms with Crippen molar-refractivity contribution in [1.82, 2.24) is 14.9 Å². The van der Waals surface area contributed by atoms with Crippen LogP contribution in [0.2, 0.25) is 0 Å². The van der Waals surface area contributed by atoms with E-state index in [9.17, 15) is 4.79 Å². The average Bonchev–Trinajstić information content (AvgIpc) is 2.98. The third-order valence-electron chi connectivity index (χ3n) is 5.91. The average molecular weight is 424 g/mol. The van der Waals surface area contributed by atoms with Gasteiger partial charge in [-0.25, -0.2) is 9.97 Å². The van der Waals surface area contributed by atoms with Crippen LogP contribution in [0.5, 0.6) is 0 Å². The Kier molecular flexibility index (Phi) is 5.75. The first kappa shape index (κ1) is 20.8. The Morgan fingerprint density at radius 3 is 2.37 bits per heavy atom. The minimum absolute atomic E-state index is 0.0467. The van der Waals surface area contributed by atoms with Gasteiger partial charge in [-0.2, -0.15) is 0 Å². The fourth-order valence-electron chi connectivity index (χ4n) is 4.07. The monoisotopic (exact) mass is 423 g/mol. The number of aromatic nitrogens is 2. The predicted molar refractivity (Wildman–Crippen MR) is 125 cm³/mol. The maximum absolute atomic E-state index is 12.6. The number of amides is 1. The molecule has 3 heterocycles. The van der Waals surface area contributed by atoms with E-state index in [4.69, 9.17) is 4.98 Å². The van der Waals surface area contributed by atoms with Crippen LogP contribution in [0, 0.1) is 34.6 Å². The number of fused-ring (bicyclic) bond motifs is 1. The second-order valence-corrected chi connectivity index (χ2v) is 9.34. The molecule has 1 aliphatic rings. The highest BCUT2D eigenvalue weighted by molar-refractivity contribution is 7.18. The van der Waals surface area contributed by atoms with Crippen molar-refractivity contribution < 1.29 is 4.79 Å². The molecule has 6 nitrogen and oxygen atoms in total. The van der Waals surface area contributed by atoms with Gasteiger partial charge >= 0.3 is 0 Å². The summed E-state index contributed by atoms with van der Waals surface area (Å²) in [6, 6.07) is 6.07. The van der Waals surface area contributed by atoms with Crippen LogP contribution in [0.25, 0.3) is 10.2 Å². The Hall–Kier alpha value is -2.51. The number of nitrogens with one attached hydrogen (secondary N) is 1. The lowest BCUT2D eigenvalue weighted by molar-refractivity contribution is -0.117. The number of nitrogens with zero attached hydrogens (tertiary/aromatic N) is 4. The van der Waals surface area contributed by atoms with Crippen LogP contribution in [-0.4, -0.2) is 53.5 Å². The van der Waals surface area contributed by atoms with Crippen molar-refractivity contribution >= 4 is 39.0 Å². The quantitative estimate of drug-likeness (QED) is 0.687.